The van der Waals surface area contributed by atoms with Gasteiger partial charge in [-0.2, -0.15) is 0 Å². The Balaban J connectivity index is 1.61. The molecule has 0 saturated carbocycles. The number of anilines is 1. The lowest BCUT2D eigenvalue weighted by molar-refractivity contribution is -0.140. The first kappa shape index (κ1) is 20.1. The SMILES string of the molecule is O=C(C=Cc1ccccc1)CC1(O)C(=O)N(Cc2ccccc2Cl)c2ccccc21. The van der Waals surface area contributed by atoms with Crippen LogP contribution >= 0.6 is 11.6 Å². The Kier molecular flexibility index (Phi) is 5.53. The van der Waals surface area contributed by atoms with Crippen molar-refractivity contribution >= 4 is 35.1 Å². The molecule has 0 radical (unpaired) electrons. The molecule has 1 heterocycles. The number of para-hydroxylation sites is 1. The highest BCUT2D eigenvalue weighted by Gasteiger charge is 2.50. The number of rotatable bonds is 6. The number of benzene rings is 3. The topological polar surface area (TPSA) is 57.6 Å². The van der Waals surface area contributed by atoms with E-state index in [1.54, 1.807) is 36.4 Å². The maximum absolute atomic E-state index is 13.3. The number of aliphatic hydroxyl groups is 1. The Morgan fingerprint density at radius 1 is 0.967 bits per heavy atom. The quantitative estimate of drug-likeness (QED) is 0.589. The molecule has 1 unspecified atom stereocenters. The molecule has 0 aliphatic carbocycles. The highest BCUT2D eigenvalue weighted by Crippen LogP contribution is 2.43. The van der Waals surface area contributed by atoms with Crippen LogP contribution in [0.2, 0.25) is 5.02 Å². The first-order valence-corrected chi connectivity index (χ1v) is 10.00. The Hall–Kier alpha value is -3.21. The third kappa shape index (κ3) is 3.80. The van der Waals surface area contributed by atoms with E-state index >= 15 is 0 Å². The largest absolute Gasteiger partial charge is 0.375 e. The molecule has 5 heteroatoms. The number of carbonyl (C=O) groups is 2. The Labute approximate surface area is 180 Å². The van der Waals surface area contributed by atoms with Gasteiger partial charge in [-0.15, -0.1) is 0 Å². The van der Waals surface area contributed by atoms with Gasteiger partial charge in [0.25, 0.3) is 5.91 Å². The van der Waals surface area contributed by atoms with Crippen molar-refractivity contribution in [2.24, 2.45) is 0 Å². The van der Waals surface area contributed by atoms with Gasteiger partial charge in [-0.1, -0.05) is 84.4 Å². The number of hydrogen-bond donors (Lipinski definition) is 1. The van der Waals surface area contributed by atoms with Crippen LogP contribution in [0.15, 0.2) is 84.9 Å². The van der Waals surface area contributed by atoms with E-state index in [1.807, 2.05) is 48.5 Å². The van der Waals surface area contributed by atoms with Gasteiger partial charge in [-0.25, -0.2) is 0 Å². The van der Waals surface area contributed by atoms with E-state index in [-0.39, 0.29) is 18.7 Å². The predicted octanol–water partition coefficient (Wildman–Crippen LogP) is 4.75. The van der Waals surface area contributed by atoms with Crippen LogP contribution in [0.5, 0.6) is 0 Å². The summed E-state index contributed by atoms with van der Waals surface area (Å²) in [6.45, 7) is 0.214. The molecule has 3 aromatic carbocycles. The third-order valence-electron chi connectivity index (χ3n) is 5.22. The van der Waals surface area contributed by atoms with Crippen molar-refractivity contribution < 1.29 is 14.7 Å². The molecule has 1 aliphatic heterocycles. The van der Waals surface area contributed by atoms with Gasteiger partial charge in [-0.05, 0) is 29.3 Å². The van der Waals surface area contributed by atoms with E-state index in [1.165, 1.54) is 11.0 Å². The molecule has 1 aliphatic rings. The summed E-state index contributed by atoms with van der Waals surface area (Å²) in [4.78, 5) is 27.4. The Morgan fingerprint density at radius 2 is 1.63 bits per heavy atom. The highest BCUT2D eigenvalue weighted by molar-refractivity contribution is 6.31. The van der Waals surface area contributed by atoms with Crippen LogP contribution in [0.1, 0.15) is 23.1 Å². The maximum Gasteiger partial charge on any atom is 0.264 e. The molecule has 1 N–H and O–H groups in total. The maximum atomic E-state index is 13.3. The van der Waals surface area contributed by atoms with Gasteiger partial charge < -0.3 is 10.0 Å². The molecule has 0 bridgehead atoms. The van der Waals surface area contributed by atoms with Gasteiger partial charge >= 0.3 is 0 Å². The molecule has 3 aromatic rings. The number of ketones is 1. The summed E-state index contributed by atoms with van der Waals surface area (Å²) in [5, 5.41) is 11.9. The number of amides is 1. The Bertz CT molecular complexity index is 1130. The molecule has 1 atom stereocenters. The summed E-state index contributed by atoms with van der Waals surface area (Å²) in [5.41, 5.74) is 0.752. The Morgan fingerprint density at radius 3 is 2.40 bits per heavy atom. The first-order valence-electron chi connectivity index (χ1n) is 9.62. The van der Waals surface area contributed by atoms with Crippen molar-refractivity contribution in [3.63, 3.8) is 0 Å². The fourth-order valence-electron chi connectivity index (χ4n) is 3.70. The number of carbonyl (C=O) groups excluding carboxylic acids is 2. The van der Waals surface area contributed by atoms with Gasteiger partial charge in [-0.3, -0.25) is 9.59 Å². The second-order valence-electron chi connectivity index (χ2n) is 7.25. The number of allylic oxidation sites excluding steroid dienone is 1. The van der Waals surface area contributed by atoms with Crippen molar-refractivity contribution in [3.8, 4) is 0 Å². The zero-order valence-electron chi connectivity index (χ0n) is 16.2. The molecule has 0 aromatic heterocycles. The first-order chi connectivity index (χ1) is 14.5. The van der Waals surface area contributed by atoms with Crippen LogP contribution in [0.3, 0.4) is 0 Å². The highest BCUT2D eigenvalue weighted by atomic mass is 35.5. The molecule has 0 fully saturated rings. The van der Waals surface area contributed by atoms with Gasteiger partial charge in [0.15, 0.2) is 11.4 Å². The molecule has 30 heavy (non-hydrogen) atoms. The number of halogens is 1. The van der Waals surface area contributed by atoms with E-state index in [9.17, 15) is 14.7 Å². The number of fused-ring (bicyclic) bond motifs is 1. The lowest BCUT2D eigenvalue weighted by Gasteiger charge is -2.22. The summed E-state index contributed by atoms with van der Waals surface area (Å²) < 4.78 is 0. The van der Waals surface area contributed by atoms with Crippen molar-refractivity contribution in [2.45, 2.75) is 18.6 Å². The van der Waals surface area contributed by atoms with Crippen LogP contribution in [0.25, 0.3) is 6.08 Å². The van der Waals surface area contributed by atoms with E-state index in [0.717, 1.165) is 11.1 Å². The van der Waals surface area contributed by atoms with E-state index in [2.05, 4.69) is 0 Å². The third-order valence-corrected chi connectivity index (χ3v) is 5.59. The fraction of sp³-hybridized carbons (Fsp3) is 0.120. The van der Waals surface area contributed by atoms with Gasteiger partial charge in [0.05, 0.1) is 18.7 Å². The van der Waals surface area contributed by atoms with Crippen molar-refractivity contribution in [3.05, 3.63) is 107 Å². The fourth-order valence-corrected chi connectivity index (χ4v) is 3.89. The minimum Gasteiger partial charge on any atom is -0.375 e. The van der Waals surface area contributed by atoms with Crippen LogP contribution in [0, 0.1) is 0 Å². The second kappa shape index (κ2) is 8.27. The molecular formula is C25H20ClNO3. The standard InChI is InChI=1S/C25H20ClNO3/c26-22-12-6-4-10-19(22)17-27-23-13-7-5-11-21(23)25(30,24(27)29)16-20(28)15-14-18-8-2-1-3-9-18/h1-15,30H,16-17H2. The van der Waals surface area contributed by atoms with Crippen molar-refractivity contribution in [1.29, 1.82) is 0 Å². The van der Waals surface area contributed by atoms with Gasteiger partial charge in [0.2, 0.25) is 0 Å². The zero-order valence-corrected chi connectivity index (χ0v) is 16.9. The minimum atomic E-state index is -1.91. The average Bonchev–Trinajstić information content (AvgIpc) is 2.96. The van der Waals surface area contributed by atoms with E-state index in [0.29, 0.717) is 16.3 Å². The number of nitrogens with zero attached hydrogens (tertiary/aromatic N) is 1. The lowest BCUT2D eigenvalue weighted by Crippen LogP contribution is -2.41. The normalized spacial score (nSPS) is 18.1. The summed E-state index contributed by atoms with van der Waals surface area (Å²) >= 11 is 6.27. The summed E-state index contributed by atoms with van der Waals surface area (Å²) in [6, 6.07) is 23.7. The monoisotopic (exact) mass is 417 g/mol. The zero-order chi connectivity index (χ0) is 21.1. The van der Waals surface area contributed by atoms with E-state index < -0.39 is 11.5 Å². The average molecular weight is 418 g/mol. The number of hydrogen-bond acceptors (Lipinski definition) is 3. The van der Waals surface area contributed by atoms with Crippen LogP contribution in [0.4, 0.5) is 5.69 Å². The van der Waals surface area contributed by atoms with Gasteiger partial charge in [0, 0.05) is 10.6 Å². The van der Waals surface area contributed by atoms with Crippen LogP contribution in [-0.4, -0.2) is 16.8 Å². The predicted molar refractivity (Wildman–Crippen MR) is 118 cm³/mol. The molecule has 150 valence electrons. The molecule has 4 rings (SSSR count). The van der Waals surface area contributed by atoms with Crippen molar-refractivity contribution in [1.82, 2.24) is 0 Å². The molecular weight excluding hydrogens is 398 g/mol. The summed E-state index contributed by atoms with van der Waals surface area (Å²) in [7, 11) is 0. The summed E-state index contributed by atoms with van der Waals surface area (Å²) in [6.07, 6.45) is 2.75. The lowest BCUT2D eigenvalue weighted by atomic mass is 9.89. The minimum absolute atomic E-state index is 0.214. The van der Waals surface area contributed by atoms with Crippen LogP contribution < -0.4 is 4.90 Å². The second-order valence-corrected chi connectivity index (χ2v) is 7.65. The molecule has 0 saturated heterocycles. The van der Waals surface area contributed by atoms with Crippen molar-refractivity contribution in [2.75, 3.05) is 4.90 Å². The van der Waals surface area contributed by atoms with Crippen LogP contribution in [-0.2, 0) is 21.7 Å². The molecule has 1 amide bonds. The smallest absolute Gasteiger partial charge is 0.264 e. The van der Waals surface area contributed by atoms with E-state index in [4.69, 9.17) is 11.6 Å². The summed E-state index contributed by atoms with van der Waals surface area (Å²) in [5.74, 6) is -0.853. The molecule has 4 nitrogen and oxygen atoms in total. The molecule has 0 spiro atoms. The van der Waals surface area contributed by atoms with Gasteiger partial charge in [0.1, 0.15) is 0 Å².